The molecule has 1 aliphatic rings. The average molecular weight is 486 g/mol. The average Bonchev–Trinajstić information content (AvgIpc) is 2.84. The minimum absolute atomic E-state index is 0.0358. The number of rotatable bonds is 7. The van der Waals surface area contributed by atoms with Gasteiger partial charge in [0, 0.05) is 36.6 Å². The Bertz CT molecular complexity index is 1210. The van der Waals surface area contributed by atoms with Crippen molar-refractivity contribution in [2.45, 2.75) is 11.4 Å². The van der Waals surface area contributed by atoms with E-state index in [1.54, 1.807) is 30.3 Å². The van der Waals surface area contributed by atoms with Crippen molar-refractivity contribution in [2.75, 3.05) is 35.9 Å². The molecule has 4 rings (SSSR count). The van der Waals surface area contributed by atoms with Crippen molar-refractivity contribution in [3.05, 3.63) is 88.9 Å². The molecule has 3 aromatic carbocycles. The number of hydrogen-bond donors (Lipinski definition) is 2. The summed E-state index contributed by atoms with van der Waals surface area (Å²) in [4.78, 5) is 14.8. The fourth-order valence-electron chi connectivity index (χ4n) is 3.50. The molecule has 0 atom stereocenters. The Morgan fingerprint density at radius 1 is 0.970 bits per heavy atom. The van der Waals surface area contributed by atoms with Gasteiger partial charge in [-0.25, -0.2) is 8.42 Å². The van der Waals surface area contributed by atoms with E-state index in [4.69, 9.17) is 16.3 Å². The zero-order valence-corrected chi connectivity index (χ0v) is 19.4. The Morgan fingerprint density at radius 3 is 2.36 bits per heavy atom. The van der Waals surface area contributed by atoms with Crippen LogP contribution in [0.25, 0.3) is 0 Å². The number of ether oxygens (including phenoxy) is 1. The van der Waals surface area contributed by atoms with Crippen LogP contribution in [0.2, 0.25) is 5.02 Å². The number of anilines is 2. The highest BCUT2D eigenvalue weighted by Gasteiger charge is 2.20. The molecule has 2 N–H and O–H groups in total. The Balaban J connectivity index is 1.42. The van der Waals surface area contributed by atoms with Crippen LogP contribution in [-0.2, 0) is 21.3 Å². The fraction of sp³-hybridized carbons (Fsp3) is 0.208. The first kappa shape index (κ1) is 23.1. The van der Waals surface area contributed by atoms with Gasteiger partial charge >= 0.3 is 0 Å². The topological polar surface area (TPSA) is 87.7 Å². The summed E-state index contributed by atoms with van der Waals surface area (Å²) in [6.07, 6.45) is 0. The molecular formula is C24H24ClN3O4S. The summed E-state index contributed by atoms with van der Waals surface area (Å²) in [6, 6.07) is 20.7. The maximum atomic E-state index is 12.8. The van der Waals surface area contributed by atoms with Gasteiger partial charge in [0.05, 0.1) is 18.2 Å². The number of halogens is 1. The summed E-state index contributed by atoms with van der Waals surface area (Å²) in [5.74, 6) is -0.389. The molecule has 33 heavy (non-hydrogen) atoms. The molecule has 9 heteroatoms. The maximum Gasteiger partial charge on any atom is 0.263 e. The molecule has 0 spiro atoms. The minimum atomic E-state index is -3.96. The second-order valence-electron chi connectivity index (χ2n) is 7.57. The van der Waals surface area contributed by atoms with Gasteiger partial charge in [-0.3, -0.25) is 9.52 Å². The molecule has 1 aliphatic heterocycles. The van der Waals surface area contributed by atoms with Crippen molar-refractivity contribution >= 4 is 38.9 Å². The Hall–Kier alpha value is -3.07. The third kappa shape index (κ3) is 5.84. The van der Waals surface area contributed by atoms with Crippen LogP contribution in [0.5, 0.6) is 0 Å². The molecule has 0 unspecified atom stereocenters. The lowest BCUT2D eigenvalue weighted by atomic mass is 10.1. The van der Waals surface area contributed by atoms with Gasteiger partial charge < -0.3 is 15.0 Å². The highest BCUT2D eigenvalue weighted by Crippen LogP contribution is 2.25. The standard InChI is InChI=1S/C24H24ClN3O4S/c25-22-11-8-19(16-23(22)33(30,31)27-20-4-2-1-3-5-20)24(29)26-17-18-6-9-21(10-7-18)28-12-14-32-15-13-28/h1-11,16,27H,12-15,17H2,(H,26,29). The van der Waals surface area contributed by atoms with Gasteiger partial charge in [-0.2, -0.15) is 0 Å². The zero-order chi connectivity index (χ0) is 23.3. The van der Waals surface area contributed by atoms with Crippen molar-refractivity contribution in [1.82, 2.24) is 5.32 Å². The minimum Gasteiger partial charge on any atom is -0.378 e. The lowest BCUT2D eigenvalue weighted by Crippen LogP contribution is -2.36. The highest BCUT2D eigenvalue weighted by molar-refractivity contribution is 7.92. The van der Waals surface area contributed by atoms with E-state index in [-0.39, 0.29) is 21.4 Å². The van der Waals surface area contributed by atoms with Gasteiger partial charge in [-0.1, -0.05) is 41.9 Å². The van der Waals surface area contributed by atoms with E-state index in [1.807, 2.05) is 24.3 Å². The van der Waals surface area contributed by atoms with Gasteiger partial charge in [0.1, 0.15) is 4.90 Å². The molecule has 0 saturated carbocycles. The summed E-state index contributed by atoms with van der Waals surface area (Å²) in [7, 11) is -3.96. The quantitative estimate of drug-likeness (QED) is 0.530. The molecule has 7 nitrogen and oxygen atoms in total. The van der Waals surface area contributed by atoms with Gasteiger partial charge in [0.15, 0.2) is 0 Å². The van der Waals surface area contributed by atoms with E-state index in [2.05, 4.69) is 14.9 Å². The number of hydrogen-bond acceptors (Lipinski definition) is 5. The van der Waals surface area contributed by atoms with Crippen molar-refractivity contribution in [1.29, 1.82) is 0 Å². The largest absolute Gasteiger partial charge is 0.378 e. The number of para-hydroxylation sites is 1. The van der Waals surface area contributed by atoms with Gasteiger partial charge in [0.25, 0.3) is 15.9 Å². The number of nitrogens with one attached hydrogen (secondary N) is 2. The molecule has 1 fully saturated rings. The third-order valence-corrected chi connectivity index (χ3v) is 7.14. The number of morpholine rings is 1. The van der Waals surface area contributed by atoms with E-state index >= 15 is 0 Å². The number of benzene rings is 3. The lowest BCUT2D eigenvalue weighted by Gasteiger charge is -2.28. The maximum absolute atomic E-state index is 12.8. The van der Waals surface area contributed by atoms with Crippen LogP contribution in [0.1, 0.15) is 15.9 Å². The molecule has 3 aromatic rings. The number of carbonyl (C=O) groups excluding carboxylic acids is 1. The van der Waals surface area contributed by atoms with Crippen LogP contribution in [-0.4, -0.2) is 40.6 Å². The second kappa shape index (κ2) is 10.2. The van der Waals surface area contributed by atoms with Gasteiger partial charge in [0.2, 0.25) is 0 Å². The van der Waals surface area contributed by atoms with E-state index in [0.717, 1.165) is 37.6 Å². The number of nitrogens with zero attached hydrogens (tertiary/aromatic N) is 1. The lowest BCUT2D eigenvalue weighted by molar-refractivity contribution is 0.0950. The smallest absolute Gasteiger partial charge is 0.263 e. The molecule has 0 aromatic heterocycles. The fourth-order valence-corrected chi connectivity index (χ4v) is 5.08. The Kier molecular flexibility index (Phi) is 7.17. The normalized spacial score (nSPS) is 14.0. The molecule has 1 heterocycles. The first-order valence-electron chi connectivity index (χ1n) is 10.5. The van der Waals surface area contributed by atoms with Crippen LogP contribution in [0.3, 0.4) is 0 Å². The molecule has 1 saturated heterocycles. The SMILES string of the molecule is O=C(NCc1ccc(N2CCOCC2)cc1)c1ccc(Cl)c(S(=O)(=O)Nc2ccccc2)c1. The Morgan fingerprint density at radius 2 is 1.67 bits per heavy atom. The number of carbonyl (C=O) groups is 1. The van der Waals surface area contributed by atoms with Crippen LogP contribution >= 0.6 is 11.6 Å². The van der Waals surface area contributed by atoms with Crippen LogP contribution in [0.15, 0.2) is 77.7 Å². The Labute approximate surface area is 198 Å². The van der Waals surface area contributed by atoms with Crippen LogP contribution in [0, 0.1) is 0 Å². The van der Waals surface area contributed by atoms with Crippen molar-refractivity contribution in [3.63, 3.8) is 0 Å². The molecule has 0 aliphatic carbocycles. The van der Waals surface area contributed by atoms with E-state index in [9.17, 15) is 13.2 Å². The molecule has 0 radical (unpaired) electrons. The summed E-state index contributed by atoms with van der Waals surface area (Å²) in [6.45, 7) is 3.47. The highest BCUT2D eigenvalue weighted by atomic mass is 35.5. The van der Waals surface area contributed by atoms with Crippen molar-refractivity contribution in [3.8, 4) is 0 Å². The predicted octanol–water partition coefficient (Wildman–Crippen LogP) is 3.91. The molecule has 1 amide bonds. The summed E-state index contributed by atoms with van der Waals surface area (Å²) >= 11 is 6.14. The van der Waals surface area contributed by atoms with Crippen LogP contribution in [0.4, 0.5) is 11.4 Å². The first-order valence-corrected chi connectivity index (χ1v) is 12.4. The van der Waals surface area contributed by atoms with E-state index < -0.39 is 10.0 Å². The van der Waals surface area contributed by atoms with E-state index in [1.165, 1.54) is 18.2 Å². The summed E-state index contributed by atoms with van der Waals surface area (Å²) < 4.78 is 33.5. The third-order valence-electron chi connectivity index (χ3n) is 5.27. The summed E-state index contributed by atoms with van der Waals surface area (Å²) in [5, 5.41) is 2.87. The number of amides is 1. The molecule has 0 bridgehead atoms. The zero-order valence-electron chi connectivity index (χ0n) is 17.8. The van der Waals surface area contributed by atoms with Crippen LogP contribution < -0.4 is 14.9 Å². The van der Waals surface area contributed by atoms with Gasteiger partial charge in [-0.05, 0) is 48.0 Å². The molecular weight excluding hydrogens is 462 g/mol. The monoisotopic (exact) mass is 485 g/mol. The first-order chi connectivity index (χ1) is 15.9. The second-order valence-corrected chi connectivity index (χ2v) is 9.62. The van der Waals surface area contributed by atoms with E-state index in [0.29, 0.717) is 12.2 Å². The van der Waals surface area contributed by atoms with Gasteiger partial charge in [-0.15, -0.1) is 0 Å². The number of sulfonamides is 1. The summed E-state index contributed by atoms with van der Waals surface area (Å²) in [5.41, 5.74) is 2.67. The van der Waals surface area contributed by atoms with Crippen molar-refractivity contribution < 1.29 is 17.9 Å². The molecule has 172 valence electrons. The predicted molar refractivity (Wildman–Crippen MR) is 129 cm³/mol. The van der Waals surface area contributed by atoms with Crippen molar-refractivity contribution in [2.24, 2.45) is 0 Å².